The van der Waals surface area contributed by atoms with E-state index in [0.29, 0.717) is 25.6 Å². The topological polar surface area (TPSA) is 133 Å². The number of benzene rings is 1. The van der Waals surface area contributed by atoms with Crippen LogP contribution >= 0.6 is 0 Å². The first-order valence-electron chi connectivity index (χ1n) is 14.3. The number of amides is 1. The predicted molar refractivity (Wildman–Crippen MR) is 150 cm³/mol. The predicted octanol–water partition coefficient (Wildman–Crippen LogP) is 0.809. The third-order valence-electron chi connectivity index (χ3n) is 8.16. The van der Waals surface area contributed by atoms with Gasteiger partial charge in [-0.1, -0.05) is 12.1 Å². The fourth-order valence-electron chi connectivity index (χ4n) is 5.85. The van der Waals surface area contributed by atoms with Crippen LogP contribution in [0.4, 0.5) is 23.5 Å². The van der Waals surface area contributed by atoms with Crippen LogP contribution in [0.15, 0.2) is 45.1 Å². The Morgan fingerprint density at radius 1 is 1.09 bits per heavy atom. The molecule has 240 valence electrons. The molecule has 3 aromatic rings. The van der Waals surface area contributed by atoms with Crippen LogP contribution in [0.3, 0.4) is 0 Å². The molecule has 1 saturated heterocycles. The van der Waals surface area contributed by atoms with Gasteiger partial charge in [-0.25, -0.2) is 18.5 Å². The van der Waals surface area contributed by atoms with Gasteiger partial charge < -0.3 is 29.2 Å². The summed E-state index contributed by atoms with van der Waals surface area (Å²) in [7, 11) is 1.26. The van der Waals surface area contributed by atoms with Gasteiger partial charge in [0.15, 0.2) is 11.2 Å². The summed E-state index contributed by atoms with van der Waals surface area (Å²) in [5.74, 6) is -4.04. The van der Waals surface area contributed by atoms with Crippen LogP contribution in [0.5, 0.6) is 0 Å². The summed E-state index contributed by atoms with van der Waals surface area (Å²) in [6.07, 6.45) is -7.03. The van der Waals surface area contributed by atoms with E-state index in [2.05, 4.69) is 15.0 Å². The average Bonchev–Trinajstić information content (AvgIpc) is 3.74. The van der Waals surface area contributed by atoms with Crippen molar-refractivity contribution < 1.29 is 36.6 Å². The molecule has 1 unspecified atom stereocenters. The van der Waals surface area contributed by atoms with Gasteiger partial charge in [0.1, 0.15) is 5.82 Å². The van der Waals surface area contributed by atoms with E-state index < -0.39 is 41.3 Å². The molecule has 6 rings (SSSR count). The molecule has 3 aliphatic heterocycles. The van der Waals surface area contributed by atoms with Gasteiger partial charge in [0, 0.05) is 52.0 Å². The molecule has 2 aromatic heterocycles. The van der Waals surface area contributed by atoms with Crippen molar-refractivity contribution in [3.8, 4) is 0 Å². The van der Waals surface area contributed by atoms with Gasteiger partial charge in [-0.3, -0.25) is 14.2 Å². The number of esters is 1. The highest BCUT2D eigenvalue weighted by Gasteiger charge is 2.46. The number of aryl methyl sites for hydroxylation is 3. The molecule has 5 heterocycles. The van der Waals surface area contributed by atoms with Crippen molar-refractivity contribution in [2.45, 2.75) is 31.8 Å². The van der Waals surface area contributed by atoms with Crippen molar-refractivity contribution in [1.29, 1.82) is 0 Å². The summed E-state index contributed by atoms with van der Waals surface area (Å²) < 4.78 is 66.1. The Labute approximate surface area is 252 Å². The highest BCUT2D eigenvalue weighted by Crippen LogP contribution is 2.32. The van der Waals surface area contributed by atoms with Gasteiger partial charge in [0.25, 0.3) is 17.7 Å². The van der Waals surface area contributed by atoms with E-state index in [9.17, 15) is 36.7 Å². The van der Waals surface area contributed by atoms with Crippen molar-refractivity contribution in [1.82, 2.24) is 28.9 Å². The van der Waals surface area contributed by atoms with Crippen molar-refractivity contribution in [2.24, 2.45) is 7.05 Å². The SMILES string of the molecule is Cn1c(=O)n(C(OC(=O)C(F)(F)F)C(=O)N2CCOCC2)c(=O)c2c1nc(N1CCC3=C1CNC3)n2CCc1ccc(F)cc1. The highest BCUT2D eigenvalue weighted by atomic mass is 19.4. The zero-order valence-corrected chi connectivity index (χ0v) is 24.1. The number of imidazole rings is 1. The molecule has 1 amide bonds. The molecule has 45 heavy (non-hydrogen) atoms. The molecule has 17 heteroatoms. The Balaban J connectivity index is 1.53. The highest BCUT2D eigenvalue weighted by molar-refractivity contribution is 5.84. The molecule has 0 saturated carbocycles. The van der Waals surface area contributed by atoms with Gasteiger partial charge in [-0.15, -0.1) is 0 Å². The Bertz CT molecular complexity index is 1810. The average molecular weight is 636 g/mol. The molecule has 1 aromatic carbocycles. The number of hydrogen-bond acceptors (Lipinski definition) is 9. The second-order valence-corrected chi connectivity index (χ2v) is 10.9. The number of rotatable bonds is 7. The Morgan fingerprint density at radius 3 is 2.49 bits per heavy atom. The second-order valence-electron chi connectivity index (χ2n) is 10.9. The molecule has 1 N–H and O–H groups in total. The normalized spacial score (nSPS) is 17.7. The van der Waals surface area contributed by atoms with E-state index in [4.69, 9.17) is 4.74 Å². The molecular formula is C28H29F4N7O6. The minimum absolute atomic E-state index is 0.0552. The number of ether oxygens (including phenoxy) is 2. The first-order chi connectivity index (χ1) is 21.5. The lowest BCUT2D eigenvalue weighted by Gasteiger charge is -2.30. The Morgan fingerprint density at radius 2 is 1.80 bits per heavy atom. The number of hydrogen-bond donors (Lipinski definition) is 1. The van der Waals surface area contributed by atoms with E-state index in [-0.39, 0.29) is 55.0 Å². The van der Waals surface area contributed by atoms with E-state index in [1.54, 1.807) is 12.1 Å². The number of carbonyl (C=O) groups is 2. The van der Waals surface area contributed by atoms with Gasteiger partial charge in [-0.2, -0.15) is 18.2 Å². The summed E-state index contributed by atoms with van der Waals surface area (Å²) in [6, 6.07) is 5.73. The number of fused-ring (bicyclic) bond motifs is 1. The summed E-state index contributed by atoms with van der Waals surface area (Å²) >= 11 is 0. The molecule has 0 aliphatic carbocycles. The summed E-state index contributed by atoms with van der Waals surface area (Å²) in [6.45, 7) is 1.86. The fraction of sp³-hybridized carbons (Fsp3) is 0.464. The van der Waals surface area contributed by atoms with Crippen LogP contribution in [0.2, 0.25) is 0 Å². The third kappa shape index (κ3) is 5.61. The second kappa shape index (κ2) is 11.8. The van der Waals surface area contributed by atoms with Crippen LogP contribution in [-0.4, -0.2) is 87.6 Å². The van der Waals surface area contributed by atoms with E-state index in [1.165, 1.54) is 23.7 Å². The molecule has 1 fully saturated rings. The van der Waals surface area contributed by atoms with Crippen molar-refractivity contribution in [3.05, 3.63) is 67.8 Å². The van der Waals surface area contributed by atoms with Crippen molar-refractivity contribution in [2.75, 3.05) is 50.8 Å². The molecule has 1 atom stereocenters. The van der Waals surface area contributed by atoms with Crippen LogP contribution in [0, 0.1) is 5.82 Å². The van der Waals surface area contributed by atoms with Crippen molar-refractivity contribution in [3.63, 3.8) is 0 Å². The standard InChI is InChI=1S/C28H29F4N7O6/c1-35-21-20(22(40)39(27(35)43)24(45-25(42)28(30,31)32)23(41)36-10-12-44-13-11-36)38(8-6-16-2-4-18(29)5-3-16)26(34-21)37-9-7-17-14-33-15-19(17)37/h2-5,24,33H,6-15H2,1H3. The summed E-state index contributed by atoms with van der Waals surface area (Å²) in [4.78, 5) is 61.0. The lowest BCUT2D eigenvalue weighted by Crippen LogP contribution is -2.52. The maximum absolute atomic E-state index is 14.2. The quantitative estimate of drug-likeness (QED) is 0.296. The van der Waals surface area contributed by atoms with Gasteiger partial charge >= 0.3 is 17.8 Å². The molecule has 0 bridgehead atoms. The number of halogens is 4. The van der Waals surface area contributed by atoms with Crippen LogP contribution in [0.25, 0.3) is 11.2 Å². The number of morpholine rings is 1. The molecule has 3 aliphatic rings. The molecular weight excluding hydrogens is 606 g/mol. The Hall–Kier alpha value is -4.51. The Kier molecular flexibility index (Phi) is 7.98. The number of aromatic nitrogens is 4. The van der Waals surface area contributed by atoms with Crippen LogP contribution < -0.4 is 21.5 Å². The lowest BCUT2D eigenvalue weighted by atomic mass is 10.1. The van der Waals surface area contributed by atoms with Gasteiger partial charge in [0.2, 0.25) is 5.95 Å². The smallest absolute Gasteiger partial charge is 0.424 e. The number of carbonyl (C=O) groups excluding carboxylic acids is 2. The molecule has 13 nitrogen and oxygen atoms in total. The van der Waals surface area contributed by atoms with Crippen molar-refractivity contribution >= 4 is 29.0 Å². The van der Waals surface area contributed by atoms with Gasteiger partial charge in [-0.05, 0) is 36.1 Å². The minimum atomic E-state index is -5.51. The zero-order chi connectivity index (χ0) is 32.0. The largest absolute Gasteiger partial charge is 0.491 e. The lowest BCUT2D eigenvalue weighted by molar-refractivity contribution is -0.211. The maximum Gasteiger partial charge on any atom is 0.491 e. The summed E-state index contributed by atoms with van der Waals surface area (Å²) in [5, 5.41) is 3.27. The van der Waals surface area contributed by atoms with E-state index in [0.717, 1.165) is 32.7 Å². The zero-order valence-electron chi connectivity index (χ0n) is 24.1. The third-order valence-corrected chi connectivity index (χ3v) is 8.16. The number of nitrogens with one attached hydrogen (secondary N) is 1. The van der Waals surface area contributed by atoms with Crippen LogP contribution in [-0.2, 0) is 39.1 Å². The minimum Gasteiger partial charge on any atom is -0.424 e. The van der Waals surface area contributed by atoms with E-state index >= 15 is 0 Å². The van der Waals surface area contributed by atoms with Gasteiger partial charge in [0.05, 0.1) is 13.2 Å². The first-order valence-corrected chi connectivity index (χ1v) is 14.3. The van der Waals surface area contributed by atoms with E-state index in [1.807, 2.05) is 4.90 Å². The molecule has 0 spiro atoms. The summed E-state index contributed by atoms with van der Waals surface area (Å²) in [5.41, 5.74) is 0.217. The molecule has 0 radical (unpaired) electrons. The monoisotopic (exact) mass is 635 g/mol. The fourth-order valence-corrected chi connectivity index (χ4v) is 5.85. The number of anilines is 1. The van der Waals surface area contributed by atoms with Crippen LogP contribution in [0.1, 0.15) is 18.2 Å². The number of alkyl halides is 3. The first kappa shape index (κ1) is 30.5. The maximum atomic E-state index is 14.2. The number of nitrogens with zero attached hydrogens (tertiary/aromatic N) is 6.